The SMILES string of the molecule is C[C@@H]1CNC(=O)c2cc3ccc(NC(=O)c4cnn(Cc5ccc(N)cc5)c4)nc3n21. The molecule has 4 N–H and O–H groups in total. The molecule has 31 heavy (non-hydrogen) atoms. The van der Waals surface area contributed by atoms with Gasteiger partial charge in [0.1, 0.15) is 17.2 Å². The Morgan fingerprint density at radius 2 is 2.06 bits per heavy atom. The van der Waals surface area contributed by atoms with Gasteiger partial charge in [-0.25, -0.2) is 4.98 Å². The lowest BCUT2D eigenvalue weighted by Crippen LogP contribution is -2.37. The molecule has 0 radical (unpaired) electrons. The molecule has 3 aromatic heterocycles. The van der Waals surface area contributed by atoms with Crippen molar-refractivity contribution in [3.63, 3.8) is 0 Å². The molecule has 9 heteroatoms. The highest BCUT2D eigenvalue weighted by Crippen LogP contribution is 2.26. The topological polar surface area (TPSA) is 120 Å². The lowest BCUT2D eigenvalue weighted by molar-refractivity contribution is 0.0918. The summed E-state index contributed by atoms with van der Waals surface area (Å²) in [6.45, 7) is 3.10. The average Bonchev–Trinajstić information content (AvgIpc) is 3.38. The number of nitrogens with two attached hydrogens (primary N) is 1. The largest absolute Gasteiger partial charge is 0.399 e. The third-order valence-corrected chi connectivity index (χ3v) is 5.38. The van der Waals surface area contributed by atoms with Crippen LogP contribution in [0.3, 0.4) is 0 Å². The van der Waals surface area contributed by atoms with E-state index in [-0.39, 0.29) is 17.9 Å². The predicted molar refractivity (Wildman–Crippen MR) is 117 cm³/mol. The van der Waals surface area contributed by atoms with Crippen LogP contribution >= 0.6 is 0 Å². The second-order valence-corrected chi connectivity index (χ2v) is 7.69. The number of anilines is 2. The monoisotopic (exact) mass is 415 g/mol. The van der Waals surface area contributed by atoms with Gasteiger partial charge in [0.15, 0.2) is 0 Å². The van der Waals surface area contributed by atoms with Crippen molar-refractivity contribution in [3.8, 4) is 0 Å². The highest BCUT2D eigenvalue weighted by Gasteiger charge is 2.25. The molecule has 0 unspecified atom stereocenters. The van der Waals surface area contributed by atoms with E-state index in [0.717, 1.165) is 10.9 Å². The number of pyridine rings is 1. The van der Waals surface area contributed by atoms with E-state index in [1.54, 1.807) is 16.9 Å². The number of hydrogen-bond donors (Lipinski definition) is 3. The normalized spacial score (nSPS) is 15.5. The van der Waals surface area contributed by atoms with Crippen molar-refractivity contribution in [2.75, 3.05) is 17.6 Å². The lowest BCUT2D eigenvalue weighted by Gasteiger charge is -2.23. The third kappa shape index (κ3) is 3.50. The quantitative estimate of drug-likeness (QED) is 0.442. The van der Waals surface area contributed by atoms with Crippen molar-refractivity contribution in [1.82, 2.24) is 24.6 Å². The Morgan fingerprint density at radius 3 is 2.87 bits per heavy atom. The van der Waals surface area contributed by atoms with Crippen LogP contribution in [0.15, 0.2) is 54.9 Å². The Bertz CT molecular complexity index is 1300. The molecule has 9 nitrogen and oxygen atoms in total. The summed E-state index contributed by atoms with van der Waals surface area (Å²) < 4.78 is 3.61. The van der Waals surface area contributed by atoms with Gasteiger partial charge in [-0.2, -0.15) is 5.10 Å². The number of carbonyl (C=O) groups is 2. The van der Waals surface area contributed by atoms with Crippen molar-refractivity contribution in [3.05, 3.63) is 71.7 Å². The number of benzene rings is 1. The van der Waals surface area contributed by atoms with Crippen molar-refractivity contribution < 1.29 is 9.59 Å². The van der Waals surface area contributed by atoms with Crippen LogP contribution in [0.2, 0.25) is 0 Å². The zero-order valence-electron chi connectivity index (χ0n) is 16.9. The van der Waals surface area contributed by atoms with Crippen molar-refractivity contribution in [1.29, 1.82) is 0 Å². The zero-order chi connectivity index (χ0) is 21.5. The fourth-order valence-corrected chi connectivity index (χ4v) is 3.77. The van der Waals surface area contributed by atoms with Gasteiger partial charge < -0.3 is 20.9 Å². The second kappa shape index (κ2) is 7.28. The van der Waals surface area contributed by atoms with Crippen molar-refractivity contribution in [2.45, 2.75) is 19.5 Å². The number of nitrogens with one attached hydrogen (secondary N) is 2. The zero-order valence-corrected chi connectivity index (χ0v) is 16.9. The summed E-state index contributed by atoms with van der Waals surface area (Å²) >= 11 is 0. The molecular formula is C22H21N7O2. The van der Waals surface area contributed by atoms with Crippen LogP contribution in [-0.2, 0) is 6.54 Å². The molecule has 0 bridgehead atoms. The van der Waals surface area contributed by atoms with Gasteiger partial charge in [-0.3, -0.25) is 14.3 Å². The molecule has 1 atom stereocenters. The van der Waals surface area contributed by atoms with Crippen LogP contribution in [0.5, 0.6) is 0 Å². The van der Waals surface area contributed by atoms with E-state index in [9.17, 15) is 9.59 Å². The third-order valence-electron chi connectivity index (χ3n) is 5.38. The number of aromatic nitrogens is 4. The molecule has 0 aliphatic carbocycles. The molecule has 0 fully saturated rings. The van der Waals surface area contributed by atoms with Gasteiger partial charge in [0.2, 0.25) is 0 Å². The maximum atomic E-state index is 12.7. The van der Waals surface area contributed by atoms with Crippen LogP contribution < -0.4 is 16.4 Å². The summed E-state index contributed by atoms with van der Waals surface area (Å²) in [5.41, 5.74) is 9.14. The molecule has 0 spiro atoms. The van der Waals surface area contributed by atoms with Crippen LogP contribution in [0.1, 0.15) is 39.4 Å². The summed E-state index contributed by atoms with van der Waals surface area (Å²) in [7, 11) is 0. The second-order valence-electron chi connectivity index (χ2n) is 7.69. The van der Waals surface area contributed by atoms with E-state index < -0.39 is 0 Å². The van der Waals surface area contributed by atoms with Gasteiger partial charge in [-0.05, 0) is 42.8 Å². The highest BCUT2D eigenvalue weighted by molar-refractivity contribution is 6.04. The Labute approximate surface area is 177 Å². The number of hydrogen-bond acceptors (Lipinski definition) is 5. The smallest absolute Gasteiger partial charge is 0.268 e. The van der Waals surface area contributed by atoms with Gasteiger partial charge in [-0.1, -0.05) is 12.1 Å². The van der Waals surface area contributed by atoms with Gasteiger partial charge in [0.25, 0.3) is 11.8 Å². The summed E-state index contributed by atoms with van der Waals surface area (Å²) in [4.78, 5) is 29.5. The molecule has 0 saturated heterocycles. The van der Waals surface area contributed by atoms with Crippen molar-refractivity contribution in [2.24, 2.45) is 0 Å². The molecule has 5 rings (SSSR count). The maximum Gasteiger partial charge on any atom is 0.268 e. The van der Waals surface area contributed by atoms with Gasteiger partial charge in [0.05, 0.1) is 24.3 Å². The predicted octanol–water partition coefficient (Wildman–Crippen LogP) is 2.42. The fraction of sp³-hybridized carbons (Fsp3) is 0.182. The first-order valence-electron chi connectivity index (χ1n) is 9.96. The number of rotatable bonds is 4. The summed E-state index contributed by atoms with van der Waals surface area (Å²) in [5.74, 6) is 0.00434. The summed E-state index contributed by atoms with van der Waals surface area (Å²) in [5, 5.41) is 10.8. The van der Waals surface area contributed by atoms with E-state index in [1.807, 2.05) is 47.9 Å². The minimum Gasteiger partial charge on any atom is -0.399 e. The first-order valence-corrected chi connectivity index (χ1v) is 9.96. The minimum atomic E-state index is -0.299. The van der Waals surface area contributed by atoms with Crippen LogP contribution in [0.25, 0.3) is 11.0 Å². The molecule has 4 aromatic rings. The Morgan fingerprint density at radius 1 is 1.26 bits per heavy atom. The Hall–Kier alpha value is -4.14. The van der Waals surface area contributed by atoms with Crippen LogP contribution in [-0.4, -0.2) is 37.7 Å². The van der Waals surface area contributed by atoms with Gasteiger partial charge in [-0.15, -0.1) is 0 Å². The number of amides is 2. The Balaban J connectivity index is 1.36. The van der Waals surface area contributed by atoms with Gasteiger partial charge in [0, 0.05) is 23.8 Å². The first kappa shape index (κ1) is 18.9. The van der Waals surface area contributed by atoms with E-state index in [4.69, 9.17) is 5.73 Å². The average molecular weight is 415 g/mol. The fourth-order valence-electron chi connectivity index (χ4n) is 3.77. The van der Waals surface area contributed by atoms with Gasteiger partial charge >= 0.3 is 0 Å². The number of nitrogen functional groups attached to an aromatic ring is 1. The van der Waals surface area contributed by atoms with Crippen LogP contribution in [0.4, 0.5) is 11.5 Å². The molecule has 4 heterocycles. The summed E-state index contributed by atoms with van der Waals surface area (Å²) in [6.07, 6.45) is 3.21. The molecule has 1 aromatic carbocycles. The standard InChI is InChI=1S/C22H21N7O2/c1-13-9-24-22(31)18-8-15-4-7-19(26-20(15)29(13)18)27-21(30)16-10-25-28(12-16)11-14-2-5-17(23)6-3-14/h2-8,10,12-13H,9,11,23H2,1H3,(H,24,31)(H,26,27,30)/t13-/m1/s1. The molecule has 156 valence electrons. The van der Waals surface area contributed by atoms with Crippen LogP contribution in [0, 0.1) is 0 Å². The van der Waals surface area contributed by atoms with Crippen molar-refractivity contribution >= 4 is 34.4 Å². The molecule has 1 aliphatic rings. The Kier molecular flexibility index (Phi) is 4.43. The van der Waals surface area contributed by atoms with E-state index >= 15 is 0 Å². The number of carbonyl (C=O) groups excluding carboxylic acids is 2. The molecule has 1 aliphatic heterocycles. The highest BCUT2D eigenvalue weighted by atomic mass is 16.2. The molecular weight excluding hydrogens is 394 g/mol. The van der Waals surface area contributed by atoms with E-state index in [2.05, 4.69) is 20.7 Å². The lowest BCUT2D eigenvalue weighted by atomic mass is 10.2. The minimum absolute atomic E-state index is 0.0789. The summed E-state index contributed by atoms with van der Waals surface area (Å²) in [6, 6.07) is 13.0. The molecule has 2 amide bonds. The maximum absolute atomic E-state index is 12.7. The first-order chi connectivity index (χ1) is 15.0. The van der Waals surface area contributed by atoms with E-state index in [0.29, 0.717) is 41.5 Å². The number of fused-ring (bicyclic) bond motifs is 3. The van der Waals surface area contributed by atoms with E-state index in [1.165, 1.54) is 6.20 Å². The number of nitrogens with zero attached hydrogens (tertiary/aromatic N) is 4. The molecule has 0 saturated carbocycles.